The van der Waals surface area contributed by atoms with Crippen LogP contribution in [0, 0.1) is 0 Å². The molecule has 0 bridgehead atoms. The highest BCUT2D eigenvalue weighted by molar-refractivity contribution is 5.72. The highest BCUT2D eigenvalue weighted by Crippen LogP contribution is 2.33. The van der Waals surface area contributed by atoms with E-state index >= 15 is 0 Å². The van der Waals surface area contributed by atoms with Gasteiger partial charge in [-0.25, -0.2) is 0 Å². The van der Waals surface area contributed by atoms with Crippen molar-refractivity contribution in [3.63, 3.8) is 0 Å². The number of rotatable bonds is 4. The summed E-state index contributed by atoms with van der Waals surface area (Å²) >= 11 is 0. The predicted molar refractivity (Wildman–Crippen MR) is 59.1 cm³/mol. The molecule has 0 aromatic carbocycles. The third-order valence-electron chi connectivity index (χ3n) is 2.25. The maximum atomic E-state index is 12.8. The number of carbonyl (C=O) groups is 1. The summed E-state index contributed by atoms with van der Waals surface area (Å²) in [5, 5.41) is 0. The van der Waals surface area contributed by atoms with Crippen LogP contribution >= 0.6 is 0 Å². The number of halogens is 6. The average molecular weight is 333 g/mol. The third kappa shape index (κ3) is 4.97. The van der Waals surface area contributed by atoms with E-state index in [-0.39, 0.29) is 12.7 Å². The maximum Gasteiger partial charge on any atom is 0.573 e. The Morgan fingerprint density at radius 3 is 2.27 bits per heavy atom. The molecule has 1 N–H and O–H groups in total. The topological polar surface area (TPSA) is 68.4 Å². The van der Waals surface area contributed by atoms with Crippen molar-refractivity contribution in [2.75, 3.05) is 6.61 Å². The minimum atomic E-state index is -5.33. The summed E-state index contributed by atoms with van der Waals surface area (Å²) in [5.41, 5.74) is -4.09. The molecule has 1 rings (SSSR count). The number of esters is 1. The Morgan fingerprint density at radius 2 is 1.82 bits per heavy atom. The molecule has 5 nitrogen and oxygen atoms in total. The lowest BCUT2D eigenvalue weighted by Gasteiger charge is -2.15. The van der Waals surface area contributed by atoms with Crippen LogP contribution in [0.15, 0.2) is 10.9 Å². The monoisotopic (exact) mass is 333 g/mol. The Morgan fingerprint density at radius 1 is 1.23 bits per heavy atom. The lowest BCUT2D eigenvalue weighted by Crippen LogP contribution is -2.26. The van der Waals surface area contributed by atoms with Crippen molar-refractivity contribution in [2.45, 2.75) is 25.9 Å². The fourth-order valence-corrected chi connectivity index (χ4v) is 1.50. The number of pyridine rings is 1. The normalized spacial score (nSPS) is 12.1. The number of hydrogen-bond donors (Lipinski definition) is 1. The van der Waals surface area contributed by atoms with E-state index in [1.807, 2.05) is 0 Å². The van der Waals surface area contributed by atoms with Gasteiger partial charge in [0.25, 0.3) is 5.56 Å². The molecular formula is C11H9F6NO4. The fraction of sp³-hybridized carbons (Fsp3) is 0.455. The quantitative estimate of drug-likeness (QED) is 0.679. The molecule has 22 heavy (non-hydrogen) atoms. The third-order valence-corrected chi connectivity index (χ3v) is 2.25. The Kier molecular flexibility index (Phi) is 5.09. The first-order valence-corrected chi connectivity index (χ1v) is 5.68. The summed E-state index contributed by atoms with van der Waals surface area (Å²) in [6.07, 6.45) is -11.4. The molecule has 11 heteroatoms. The molecule has 0 fully saturated rings. The van der Waals surface area contributed by atoms with E-state index in [0.717, 1.165) is 0 Å². The molecule has 0 saturated heterocycles. The summed E-state index contributed by atoms with van der Waals surface area (Å²) in [6, 6.07) is -0.110. The fourth-order valence-electron chi connectivity index (χ4n) is 1.50. The van der Waals surface area contributed by atoms with Crippen molar-refractivity contribution in [3.05, 3.63) is 27.7 Å². The van der Waals surface area contributed by atoms with E-state index in [0.29, 0.717) is 0 Å². The van der Waals surface area contributed by atoms with Crippen molar-refractivity contribution in [3.8, 4) is 5.75 Å². The highest BCUT2D eigenvalue weighted by atomic mass is 19.4. The average Bonchev–Trinajstić information content (AvgIpc) is 2.29. The highest BCUT2D eigenvalue weighted by Gasteiger charge is 2.38. The zero-order chi connectivity index (χ0) is 17.1. The van der Waals surface area contributed by atoms with Gasteiger partial charge in [-0.2, -0.15) is 13.2 Å². The van der Waals surface area contributed by atoms with E-state index in [1.165, 1.54) is 6.92 Å². The van der Waals surface area contributed by atoms with Crippen LogP contribution in [0.25, 0.3) is 0 Å². The van der Waals surface area contributed by atoms with Gasteiger partial charge in [-0.05, 0) is 6.92 Å². The van der Waals surface area contributed by atoms with Gasteiger partial charge >= 0.3 is 18.5 Å². The number of hydrogen-bond acceptors (Lipinski definition) is 4. The summed E-state index contributed by atoms with van der Waals surface area (Å²) < 4.78 is 82.2. The van der Waals surface area contributed by atoms with Gasteiger partial charge in [-0.1, -0.05) is 0 Å². The smallest absolute Gasteiger partial charge is 0.466 e. The second-order valence-corrected chi connectivity index (χ2v) is 3.88. The SMILES string of the molecule is CCOC(=O)Cc1[nH]c(=O)c(OC(F)(F)F)cc1C(F)(F)F. The molecule has 0 radical (unpaired) electrons. The molecule has 124 valence electrons. The Bertz CT molecular complexity index is 604. The number of aromatic amines is 1. The van der Waals surface area contributed by atoms with Gasteiger partial charge in [0.2, 0.25) is 0 Å². The van der Waals surface area contributed by atoms with Gasteiger partial charge in [0.1, 0.15) is 0 Å². The van der Waals surface area contributed by atoms with E-state index in [2.05, 4.69) is 9.47 Å². The van der Waals surface area contributed by atoms with Crippen molar-refractivity contribution in [1.29, 1.82) is 0 Å². The Hall–Kier alpha value is -2.20. The molecule has 1 heterocycles. The van der Waals surface area contributed by atoms with E-state index in [4.69, 9.17) is 0 Å². The second kappa shape index (κ2) is 6.28. The summed E-state index contributed by atoms with van der Waals surface area (Å²) in [7, 11) is 0. The zero-order valence-corrected chi connectivity index (χ0v) is 10.9. The van der Waals surface area contributed by atoms with E-state index < -0.39 is 47.5 Å². The van der Waals surface area contributed by atoms with Gasteiger partial charge in [0.05, 0.1) is 18.6 Å². The molecule has 0 aliphatic rings. The van der Waals surface area contributed by atoms with Gasteiger partial charge in [-0.15, -0.1) is 13.2 Å². The van der Waals surface area contributed by atoms with E-state index in [9.17, 15) is 35.9 Å². The van der Waals surface area contributed by atoms with Crippen LogP contribution in [-0.4, -0.2) is 23.9 Å². The zero-order valence-electron chi connectivity index (χ0n) is 10.9. The lowest BCUT2D eigenvalue weighted by atomic mass is 10.1. The molecule has 0 aliphatic heterocycles. The molecule has 1 aromatic rings. The van der Waals surface area contributed by atoms with Crippen LogP contribution in [0.4, 0.5) is 26.3 Å². The molecule has 1 aromatic heterocycles. The molecule has 0 atom stereocenters. The number of ether oxygens (including phenoxy) is 2. The Labute approximate surface area is 118 Å². The largest absolute Gasteiger partial charge is 0.573 e. The van der Waals surface area contributed by atoms with Gasteiger partial charge < -0.3 is 14.5 Å². The number of alkyl halides is 6. The van der Waals surface area contributed by atoms with Crippen LogP contribution in [0.5, 0.6) is 5.75 Å². The summed E-state index contributed by atoms with van der Waals surface area (Å²) in [6.45, 7) is 1.30. The number of carbonyl (C=O) groups excluding carboxylic acids is 1. The minimum Gasteiger partial charge on any atom is -0.466 e. The first kappa shape index (κ1) is 17.9. The van der Waals surface area contributed by atoms with E-state index in [1.54, 1.807) is 4.98 Å². The first-order chi connectivity index (χ1) is 9.94. The molecule has 0 amide bonds. The van der Waals surface area contributed by atoms with Gasteiger partial charge in [0, 0.05) is 11.8 Å². The number of H-pyrrole nitrogens is 1. The van der Waals surface area contributed by atoms with Gasteiger partial charge in [0.15, 0.2) is 5.75 Å². The standard InChI is InChI=1S/C11H9F6NO4/c1-2-21-8(19)4-6-5(10(12,13)14)3-7(9(20)18-6)22-11(15,16)17/h3H,2,4H2,1H3,(H,18,20). The Balaban J connectivity index is 3.31. The van der Waals surface area contributed by atoms with Crippen LogP contribution in [0.2, 0.25) is 0 Å². The summed E-state index contributed by atoms with van der Waals surface area (Å²) in [5.74, 6) is -2.65. The van der Waals surface area contributed by atoms with Crippen LogP contribution < -0.4 is 10.3 Å². The minimum absolute atomic E-state index is 0.110. The van der Waals surface area contributed by atoms with Gasteiger partial charge in [-0.3, -0.25) is 9.59 Å². The lowest BCUT2D eigenvalue weighted by molar-refractivity contribution is -0.275. The molecule has 0 unspecified atom stereocenters. The molecule has 0 aliphatic carbocycles. The number of nitrogens with one attached hydrogen (secondary N) is 1. The second-order valence-electron chi connectivity index (χ2n) is 3.88. The van der Waals surface area contributed by atoms with Crippen molar-refractivity contribution >= 4 is 5.97 Å². The van der Waals surface area contributed by atoms with Crippen molar-refractivity contribution < 1.29 is 40.6 Å². The van der Waals surface area contributed by atoms with Crippen molar-refractivity contribution in [1.82, 2.24) is 4.98 Å². The number of aromatic nitrogens is 1. The van der Waals surface area contributed by atoms with Crippen LogP contribution in [0.3, 0.4) is 0 Å². The van der Waals surface area contributed by atoms with Crippen LogP contribution in [0.1, 0.15) is 18.2 Å². The van der Waals surface area contributed by atoms with Crippen LogP contribution in [-0.2, 0) is 22.1 Å². The maximum absolute atomic E-state index is 12.8. The summed E-state index contributed by atoms with van der Waals surface area (Å²) in [4.78, 5) is 24.1. The first-order valence-electron chi connectivity index (χ1n) is 5.68. The van der Waals surface area contributed by atoms with Crippen molar-refractivity contribution in [2.24, 2.45) is 0 Å². The molecular weight excluding hydrogens is 324 g/mol. The molecule has 0 saturated carbocycles. The predicted octanol–water partition coefficient (Wildman–Crippen LogP) is 2.40. The molecule has 0 spiro atoms.